The molecule has 0 spiro atoms. The van der Waals surface area contributed by atoms with Gasteiger partial charge in [0.2, 0.25) is 0 Å². The van der Waals surface area contributed by atoms with Crippen molar-refractivity contribution in [3.8, 4) is 0 Å². The monoisotopic (exact) mass is 387 g/mol. The molecule has 29 heavy (non-hydrogen) atoms. The molecule has 5 rings (SSSR count). The molecule has 1 aliphatic heterocycles. The number of carbonyl (C=O) groups excluding carboxylic acids is 1. The van der Waals surface area contributed by atoms with Gasteiger partial charge in [-0.2, -0.15) is 0 Å². The van der Waals surface area contributed by atoms with Crippen molar-refractivity contribution >= 4 is 27.9 Å². The van der Waals surface area contributed by atoms with E-state index in [4.69, 9.17) is 9.40 Å². The average Bonchev–Trinajstić information content (AvgIpc) is 3.28. The van der Waals surface area contributed by atoms with Crippen LogP contribution in [0.5, 0.6) is 0 Å². The number of benzene rings is 2. The lowest BCUT2D eigenvalue weighted by molar-refractivity contribution is 0.0680. The molecule has 0 saturated carbocycles. The van der Waals surface area contributed by atoms with Gasteiger partial charge in [0, 0.05) is 30.0 Å². The summed E-state index contributed by atoms with van der Waals surface area (Å²) in [5.74, 6) is 1.86. The lowest BCUT2D eigenvalue weighted by Gasteiger charge is -2.30. The number of H-pyrrole nitrogens is 1. The summed E-state index contributed by atoms with van der Waals surface area (Å²) in [7, 11) is 0. The number of furan rings is 1. The van der Waals surface area contributed by atoms with Crippen LogP contribution in [-0.2, 0) is 0 Å². The molecule has 1 amide bonds. The summed E-state index contributed by atoms with van der Waals surface area (Å²) in [5.41, 5.74) is 6.21. The second-order valence-electron chi connectivity index (χ2n) is 8.26. The Morgan fingerprint density at radius 1 is 1.07 bits per heavy atom. The van der Waals surface area contributed by atoms with Crippen LogP contribution in [0.2, 0.25) is 0 Å². The number of amides is 1. The summed E-state index contributed by atoms with van der Waals surface area (Å²) in [4.78, 5) is 23.3. The van der Waals surface area contributed by atoms with E-state index >= 15 is 0 Å². The van der Waals surface area contributed by atoms with E-state index in [1.165, 1.54) is 11.1 Å². The molecular formula is C24H25N3O2. The van der Waals surface area contributed by atoms with E-state index in [2.05, 4.69) is 43.1 Å². The Hall–Kier alpha value is -3.08. The highest BCUT2D eigenvalue weighted by atomic mass is 16.3. The van der Waals surface area contributed by atoms with Crippen molar-refractivity contribution in [2.24, 2.45) is 0 Å². The SMILES string of the molecule is Cc1ccc2nc(C3CCN(C(=O)c4oc5ccc(C)cc5c4C)CC3)[nH]c2c1. The fourth-order valence-corrected chi connectivity index (χ4v) is 4.37. The molecule has 1 N–H and O–H groups in total. The summed E-state index contributed by atoms with van der Waals surface area (Å²) in [5, 5.41) is 1.03. The molecule has 0 atom stereocenters. The Balaban J connectivity index is 1.33. The van der Waals surface area contributed by atoms with Crippen LogP contribution >= 0.6 is 0 Å². The maximum Gasteiger partial charge on any atom is 0.289 e. The van der Waals surface area contributed by atoms with Crippen LogP contribution in [-0.4, -0.2) is 33.9 Å². The van der Waals surface area contributed by atoms with Crippen LogP contribution in [0.25, 0.3) is 22.0 Å². The maximum atomic E-state index is 13.1. The molecule has 2 aromatic carbocycles. The van der Waals surface area contributed by atoms with Crippen LogP contribution < -0.4 is 0 Å². The van der Waals surface area contributed by atoms with Gasteiger partial charge in [-0.05, 0) is 63.4 Å². The fourth-order valence-electron chi connectivity index (χ4n) is 4.37. The first-order valence-electron chi connectivity index (χ1n) is 10.2. The van der Waals surface area contributed by atoms with Crippen molar-refractivity contribution in [1.29, 1.82) is 0 Å². The Morgan fingerprint density at radius 3 is 2.59 bits per heavy atom. The fraction of sp³-hybridized carbons (Fsp3) is 0.333. The molecule has 1 fully saturated rings. The smallest absolute Gasteiger partial charge is 0.289 e. The van der Waals surface area contributed by atoms with Gasteiger partial charge in [-0.1, -0.05) is 17.7 Å². The topological polar surface area (TPSA) is 62.1 Å². The van der Waals surface area contributed by atoms with Crippen molar-refractivity contribution in [3.63, 3.8) is 0 Å². The lowest BCUT2D eigenvalue weighted by Crippen LogP contribution is -2.38. The minimum atomic E-state index is -0.00460. The number of carbonyl (C=O) groups is 1. The summed E-state index contributed by atoms with van der Waals surface area (Å²) in [6.07, 6.45) is 1.81. The third-order valence-corrected chi connectivity index (χ3v) is 6.11. The minimum Gasteiger partial charge on any atom is -0.451 e. The first kappa shape index (κ1) is 18.0. The maximum absolute atomic E-state index is 13.1. The number of hydrogen-bond donors (Lipinski definition) is 1. The normalized spacial score (nSPS) is 15.5. The van der Waals surface area contributed by atoms with Crippen LogP contribution in [0.4, 0.5) is 0 Å². The number of fused-ring (bicyclic) bond motifs is 2. The van der Waals surface area contributed by atoms with Gasteiger partial charge in [-0.15, -0.1) is 0 Å². The average molecular weight is 387 g/mol. The molecule has 2 aromatic heterocycles. The largest absolute Gasteiger partial charge is 0.451 e. The molecule has 148 valence electrons. The molecule has 5 nitrogen and oxygen atoms in total. The van der Waals surface area contributed by atoms with E-state index in [-0.39, 0.29) is 5.91 Å². The van der Waals surface area contributed by atoms with Crippen LogP contribution in [0, 0.1) is 20.8 Å². The van der Waals surface area contributed by atoms with E-state index in [1.54, 1.807) is 0 Å². The van der Waals surface area contributed by atoms with Gasteiger partial charge in [-0.25, -0.2) is 4.98 Å². The third kappa shape index (κ3) is 3.11. The van der Waals surface area contributed by atoms with E-state index in [9.17, 15) is 4.79 Å². The quantitative estimate of drug-likeness (QED) is 0.511. The molecule has 0 bridgehead atoms. The van der Waals surface area contributed by atoms with Gasteiger partial charge < -0.3 is 14.3 Å². The van der Waals surface area contributed by atoms with Crippen LogP contribution in [0.1, 0.15) is 51.8 Å². The number of aromatic nitrogens is 2. The van der Waals surface area contributed by atoms with Gasteiger partial charge in [-0.3, -0.25) is 4.79 Å². The number of nitrogens with one attached hydrogen (secondary N) is 1. The number of aromatic amines is 1. The molecular weight excluding hydrogens is 362 g/mol. The number of imidazole rings is 1. The Bertz CT molecular complexity index is 1230. The van der Waals surface area contributed by atoms with Gasteiger partial charge in [0.05, 0.1) is 11.0 Å². The van der Waals surface area contributed by atoms with Crippen molar-refractivity contribution in [2.75, 3.05) is 13.1 Å². The van der Waals surface area contributed by atoms with Crippen molar-refractivity contribution in [2.45, 2.75) is 39.5 Å². The molecule has 5 heteroatoms. The van der Waals surface area contributed by atoms with Crippen LogP contribution in [0.15, 0.2) is 40.8 Å². The predicted molar refractivity (Wildman–Crippen MR) is 114 cm³/mol. The Morgan fingerprint density at radius 2 is 1.79 bits per heavy atom. The number of nitrogens with zero attached hydrogens (tertiary/aromatic N) is 2. The predicted octanol–water partition coefficient (Wildman–Crippen LogP) is 5.25. The van der Waals surface area contributed by atoms with Gasteiger partial charge >= 0.3 is 0 Å². The second kappa shape index (κ2) is 6.76. The lowest BCUT2D eigenvalue weighted by atomic mass is 9.96. The van der Waals surface area contributed by atoms with Gasteiger partial charge in [0.1, 0.15) is 11.4 Å². The third-order valence-electron chi connectivity index (χ3n) is 6.11. The summed E-state index contributed by atoms with van der Waals surface area (Å²) < 4.78 is 5.92. The van der Waals surface area contributed by atoms with Gasteiger partial charge in [0.25, 0.3) is 5.91 Å². The van der Waals surface area contributed by atoms with E-state index in [0.29, 0.717) is 11.7 Å². The summed E-state index contributed by atoms with van der Waals surface area (Å²) in [6, 6.07) is 12.3. The zero-order chi connectivity index (χ0) is 20.1. The van der Waals surface area contributed by atoms with Crippen molar-refractivity contribution in [3.05, 3.63) is 64.7 Å². The molecule has 1 saturated heterocycles. The first-order valence-corrected chi connectivity index (χ1v) is 10.2. The summed E-state index contributed by atoms with van der Waals surface area (Å²) >= 11 is 0. The first-order chi connectivity index (χ1) is 14.0. The Kier molecular flexibility index (Phi) is 4.19. The van der Waals surface area contributed by atoms with Gasteiger partial charge in [0.15, 0.2) is 5.76 Å². The number of rotatable bonds is 2. The summed E-state index contributed by atoms with van der Waals surface area (Å²) in [6.45, 7) is 7.55. The number of likely N-dealkylation sites (tertiary alicyclic amines) is 1. The Labute approximate surface area is 169 Å². The zero-order valence-electron chi connectivity index (χ0n) is 17.1. The number of aryl methyl sites for hydroxylation is 3. The standard InChI is InChI=1S/C24H25N3O2/c1-14-5-7-21-18(12-14)16(3)22(29-21)24(28)27-10-8-17(9-11-27)23-25-19-6-4-15(2)13-20(19)26-23/h4-7,12-13,17H,8-11H2,1-3H3,(H,25,26). The highest BCUT2D eigenvalue weighted by Gasteiger charge is 2.29. The molecule has 1 aliphatic rings. The molecule has 0 unspecified atom stereocenters. The van der Waals surface area contributed by atoms with E-state index in [1.807, 2.05) is 24.0 Å². The second-order valence-corrected chi connectivity index (χ2v) is 8.26. The molecule has 4 aromatic rings. The number of hydrogen-bond acceptors (Lipinski definition) is 3. The van der Waals surface area contributed by atoms with E-state index < -0.39 is 0 Å². The molecule has 0 radical (unpaired) electrons. The highest BCUT2D eigenvalue weighted by Crippen LogP contribution is 2.31. The number of piperidine rings is 1. The molecule has 0 aliphatic carbocycles. The van der Waals surface area contributed by atoms with Crippen LogP contribution in [0.3, 0.4) is 0 Å². The van der Waals surface area contributed by atoms with Crippen molar-refractivity contribution in [1.82, 2.24) is 14.9 Å². The van der Waals surface area contributed by atoms with Crippen molar-refractivity contribution < 1.29 is 9.21 Å². The molecule has 3 heterocycles. The zero-order valence-corrected chi connectivity index (χ0v) is 17.1. The minimum absolute atomic E-state index is 0.00460. The highest BCUT2D eigenvalue weighted by molar-refractivity contribution is 5.99. The van der Waals surface area contributed by atoms with E-state index in [0.717, 1.165) is 59.3 Å².